The molecule has 0 atom stereocenters. The molecule has 30 heavy (non-hydrogen) atoms. The Bertz CT molecular complexity index is 994. The molecule has 0 aliphatic carbocycles. The highest BCUT2D eigenvalue weighted by Gasteiger charge is 2.07. The number of nitrogens with zero attached hydrogens (tertiary/aromatic N) is 2. The Morgan fingerprint density at radius 1 is 1.17 bits per heavy atom. The van der Waals surface area contributed by atoms with Crippen LogP contribution in [-0.4, -0.2) is 35.4 Å². The molecular weight excluding hydrogens is 378 g/mol. The number of hydrogen-bond donors (Lipinski definition) is 1. The fourth-order valence-electron chi connectivity index (χ4n) is 2.91. The van der Waals surface area contributed by atoms with Crippen LogP contribution in [0.1, 0.15) is 25.0 Å². The molecule has 3 rings (SSSR count). The summed E-state index contributed by atoms with van der Waals surface area (Å²) in [7, 11) is 1.60. The standard InChI is InChI=1S/C24H27N3O3/c1-18(2)30-22-11-9-19(15-23(22)29-3)10-12-24(28)25-14-13-20-16-26-27(17-20)21-7-5-4-6-8-21/h4-12,15-18H,13-14H2,1-3H3,(H,25,28)/b12-10+. The third kappa shape index (κ3) is 5.98. The SMILES string of the molecule is COc1cc(/C=C/C(=O)NCCc2cnn(-c3ccccc3)c2)ccc1OC(C)C. The molecule has 0 saturated carbocycles. The number of amides is 1. The Hall–Kier alpha value is -3.54. The molecule has 0 aliphatic rings. The van der Waals surface area contributed by atoms with Crippen LogP contribution >= 0.6 is 0 Å². The monoisotopic (exact) mass is 405 g/mol. The summed E-state index contributed by atoms with van der Waals surface area (Å²) in [5.74, 6) is 1.18. The third-order valence-corrected chi connectivity index (χ3v) is 4.35. The van der Waals surface area contributed by atoms with Gasteiger partial charge in [0.2, 0.25) is 5.91 Å². The Labute approximate surface area is 177 Å². The fraction of sp³-hybridized carbons (Fsp3) is 0.250. The molecule has 3 aromatic rings. The number of methoxy groups -OCH3 is 1. The third-order valence-electron chi connectivity index (χ3n) is 4.35. The molecule has 0 bridgehead atoms. The summed E-state index contributed by atoms with van der Waals surface area (Å²) in [6, 6.07) is 15.5. The zero-order valence-electron chi connectivity index (χ0n) is 17.5. The van der Waals surface area contributed by atoms with Gasteiger partial charge in [-0.3, -0.25) is 4.79 Å². The Kier molecular flexibility index (Phi) is 7.27. The van der Waals surface area contributed by atoms with E-state index in [0.717, 1.165) is 16.8 Å². The number of carbonyl (C=O) groups excluding carboxylic acids is 1. The molecule has 1 heterocycles. The Morgan fingerprint density at radius 3 is 2.70 bits per heavy atom. The number of carbonyl (C=O) groups is 1. The number of benzene rings is 2. The lowest BCUT2D eigenvalue weighted by Crippen LogP contribution is -2.23. The van der Waals surface area contributed by atoms with Gasteiger partial charge in [-0.2, -0.15) is 5.10 Å². The summed E-state index contributed by atoms with van der Waals surface area (Å²) in [5, 5.41) is 7.27. The summed E-state index contributed by atoms with van der Waals surface area (Å²) in [5.41, 5.74) is 2.94. The predicted octanol–water partition coefficient (Wildman–Crippen LogP) is 4.04. The second-order valence-corrected chi connectivity index (χ2v) is 7.08. The van der Waals surface area contributed by atoms with E-state index in [2.05, 4.69) is 10.4 Å². The number of ether oxygens (including phenoxy) is 2. The van der Waals surface area contributed by atoms with E-state index in [-0.39, 0.29) is 12.0 Å². The minimum absolute atomic E-state index is 0.0610. The second-order valence-electron chi connectivity index (χ2n) is 7.08. The van der Waals surface area contributed by atoms with Crippen LogP contribution in [-0.2, 0) is 11.2 Å². The van der Waals surface area contributed by atoms with E-state index in [9.17, 15) is 4.79 Å². The van der Waals surface area contributed by atoms with Gasteiger partial charge < -0.3 is 14.8 Å². The van der Waals surface area contributed by atoms with Gasteiger partial charge in [0.25, 0.3) is 0 Å². The zero-order valence-corrected chi connectivity index (χ0v) is 17.5. The van der Waals surface area contributed by atoms with Crippen molar-refractivity contribution in [2.24, 2.45) is 0 Å². The van der Waals surface area contributed by atoms with Crippen molar-refractivity contribution >= 4 is 12.0 Å². The maximum atomic E-state index is 12.1. The Balaban J connectivity index is 1.50. The minimum atomic E-state index is -0.146. The zero-order chi connectivity index (χ0) is 21.3. The van der Waals surface area contributed by atoms with Gasteiger partial charge in [0, 0.05) is 18.8 Å². The van der Waals surface area contributed by atoms with Crippen molar-refractivity contribution in [3.05, 3.63) is 78.1 Å². The molecule has 0 aliphatic heterocycles. The predicted molar refractivity (Wildman–Crippen MR) is 118 cm³/mol. The van der Waals surface area contributed by atoms with E-state index in [4.69, 9.17) is 9.47 Å². The first-order chi connectivity index (χ1) is 14.5. The highest BCUT2D eigenvalue weighted by Crippen LogP contribution is 2.29. The second kappa shape index (κ2) is 10.3. The molecule has 0 radical (unpaired) electrons. The summed E-state index contributed by atoms with van der Waals surface area (Å²) < 4.78 is 12.9. The summed E-state index contributed by atoms with van der Waals surface area (Å²) in [6.07, 6.45) is 7.84. The summed E-state index contributed by atoms with van der Waals surface area (Å²) in [4.78, 5) is 12.1. The molecule has 6 nitrogen and oxygen atoms in total. The lowest BCUT2D eigenvalue weighted by molar-refractivity contribution is -0.116. The fourth-order valence-corrected chi connectivity index (χ4v) is 2.91. The van der Waals surface area contributed by atoms with Crippen molar-refractivity contribution < 1.29 is 14.3 Å². The molecular formula is C24H27N3O3. The maximum Gasteiger partial charge on any atom is 0.244 e. The summed E-state index contributed by atoms with van der Waals surface area (Å²) in [6.45, 7) is 4.46. The largest absolute Gasteiger partial charge is 0.493 e. The van der Waals surface area contributed by atoms with Crippen molar-refractivity contribution in [3.63, 3.8) is 0 Å². The van der Waals surface area contributed by atoms with Gasteiger partial charge in [-0.1, -0.05) is 24.3 Å². The van der Waals surface area contributed by atoms with Crippen molar-refractivity contribution in [1.82, 2.24) is 15.1 Å². The number of hydrogen-bond acceptors (Lipinski definition) is 4. The smallest absolute Gasteiger partial charge is 0.244 e. The number of nitrogens with one attached hydrogen (secondary N) is 1. The molecule has 0 fully saturated rings. The van der Waals surface area contributed by atoms with Crippen LogP contribution in [0, 0.1) is 0 Å². The van der Waals surface area contributed by atoms with E-state index < -0.39 is 0 Å². The van der Waals surface area contributed by atoms with E-state index in [1.165, 1.54) is 6.08 Å². The van der Waals surface area contributed by atoms with E-state index >= 15 is 0 Å². The molecule has 0 unspecified atom stereocenters. The minimum Gasteiger partial charge on any atom is -0.493 e. The first-order valence-electron chi connectivity index (χ1n) is 9.94. The first-order valence-corrected chi connectivity index (χ1v) is 9.94. The topological polar surface area (TPSA) is 65.4 Å². The average Bonchev–Trinajstić information content (AvgIpc) is 3.22. The van der Waals surface area contributed by atoms with Crippen molar-refractivity contribution in [1.29, 1.82) is 0 Å². The van der Waals surface area contributed by atoms with Gasteiger partial charge in [0.15, 0.2) is 11.5 Å². The van der Waals surface area contributed by atoms with Crippen LogP contribution in [0.4, 0.5) is 0 Å². The van der Waals surface area contributed by atoms with Crippen molar-refractivity contribution in [2.45, 2.75) is 26.4 Å². The molecule has 0 saturated heterocycles. The quantitative estimate of drug-likeness (QED) is 0.546. The van der Waals surface area contributed by atoms with Gasteiger partial charge in [0.1, 0.15) is 0 Å². The molecule has 2 aromatic carbocycles. The van der Waals surface area contributed by atoms with Gasteiger partial charge in [-0.15, -0.1) is 0 Å². The normalized spacial score (nSPS) is 11.1. The number of para-hydroxylation sites is 1. The summed E-state index contributed by atoms with van der Waals surface area (Å²) >= 11 is 0. The van der Waals surface area contributed by atoms with Gasteiger partial charge in [-0.05, 0) is 61.7 Å². The Morgan fingerprint density at radius 2 is 1.97 bits per heavy atom. The van der Waals surface area contributed by atoms with E-state index in [1.54, 1.807) is 13.2 Å². The van der Waals surface area contributed by atoms with Crippen LogP contribution in [0.5, 0.6) is 11.5 Å². The lowest BCUT2D eigenvalue weighted by Gasteiger charge is -2.13. The van der Waals surface area contributed by atoms with Crippen LogP contribution < -0.4 is 14.8 Å². The highest BCUT2D eigenvalue weighted by molar-refractivity contribution is 5.91. The van der Waals surface area contributed by atoms with Gasteiger partial charge in [0.05, 0.1) is 25.1 Å². The van der Waals surface area contributed by atoms with Gasteiger partial charge in [-0.25, -0.2) is 4.68 Å². The van der Waals surface area contributed by atoms with Crippen LogP contribution in [0.15, 0.2) is 67.0 Å². The van der Waals surface area contributed by atoms with Crippen molar-refractivity contribution in [3.8, 4) is 17.2 Å². The van der Waals surface area contributed by atoms with Crippen molar-refractivity contribution in [2.75, 3.05) is 13.7 Å². The maximum absolute atomic E-state index is 12.1. The molecule has 156 valence electrons. The van der Waals surface area contributed by atoms with E-state index in [1.807, 2.05) is 79.5 Å². The number of rotatable bonds is 9. The molecule has 1 aromatic heterocycles. The van der Waals surface area contributed by atoms with Crippen LogP contribution in [0.3, 0.4) is 0 Å². The highest BCUT2D eigenvalue weighted by atomic mass is 16.5. The molecule has 1 N–H and O–H groups in total. The van der Waals surface area contributed by atoms with E-state index in [0.29, 0.717) is 24.5 Å². The number of aromatic nitrogens is 2. The molecule has 1 amide bonds. The lowest BCUT2D eigenvalue weighted by atomic mass is 10.2. The van der Waals surface area contributed by atoms with Crippen LogP contribution in [0.2, 0.25) is 0 Å². The van der Waals surface area contributed by atoms with Gasteiger partial charge >= 0.3 is 0 Å². The average molecular weight is 405 g/mol. The van der Waals surface area contributed by atoms with Crippen LogP contribution in [0.25, 0.3) is 11.8 Å². The molecule has 6 heteroatoms. The molecule has 0 spiro atoms. The first kappa shape index (κ1) is 21.2.